The number of carboxylic acid groups (broad SMARTS) is 1. The largest absolute Gasteiger partial charge is 0.480 e. The quantitative estimate of drug-likeness (QED) is 0.834. The topological polar surface area (TPSA) is 49.3 Å². The number of hydrogen-bond donors (Lipinski definition) is 2. The monoisotopic (exact) mass is 275 g/mol. The maximum atomic E-state index is 11.5. The molecule has 1 fully saturated rings. The van der Waals surface area contributed by atoms with E-state index in [1.54, 1.807) is 0 Å². The van der Waals surface area contributed by atoms with Crippen molar-refractivity contribution in [2.45, 2.75) is 63.5 Å². The smallest absolute Gasteiger partial charge is 0.320 e. The van der Waals surface area contributed by atoms with Gasteiger partial charge in [0.2, 0.25) is 0 Å². The average molecular weight is 275 g/mol. The predicted octanol–water partition coefficient (Wildman–Crippen LogP) is 3.56. The second-order valence-corrected chi connectivity index (χ2v) is 5.94. The Morgan fingerprint density at radius 2 is 1.90 bits per heavy atom. The molecule has 2 rings (SSSR count). The zero-order valence-corrected chi connectivity index (χ0v) is 12.2. The molecule has 1 aromatic rings. The average Bonchev–Trinajstić information content (AvgIpc) is 2.48. The molecule has 1 aliphatic rings. The molecule has 2 N–H and O–H groups in total. The van der Waals surface area contributed by atoms with Crippen LogP contribution in [-0.2, 0) is 4.79 Å². The molecule has 0 heterocycles. The third-order valence-electron chi connectivity index (χ3n) is 4.30. The molecule has 0 saturated heterocycles. The number of benzene rings is 1. The fourth-order valence-corrected chi connectivity index (χ4v) is 3.07. The number of hydrogen-bond acceptors (Lipinski definition) is 2. The summed E-state index contributed by atoms with van der Waals surface area (Å²) in [5.41, 5.74) is 1.21. The lowest BCUT2D eigenvalue weighted by Crippen LogP contribution is -2.44. The van der Waals surface area contributed by atoms with Crippen LogP contribution in [0.2, 0.25) is 0 Å². The molecule has 0 bridgehead atoms. The van der Waals surface area contributed by atoms with Gasteiger partial charge in [-0.15, -0.1) is 0 Å². The van der Waals surface area contributed by atoms with E-state index in [2.05, 4.69) is 24.4 Å². The van der Waals surface area contributed by atoms with Gasteiger partial charge in [0.1, 0.15) is 6.04 Å². The Kier molecular flexibility index (Phi) is 5.60. The molecular weight excluding hydrogens is 250 g/mol. The first-order chi connectivity index (χ1) is 9.66. The highest BCUT2D eigenvalue weighted by Crippen LogP contribution is 2.23. The standard InChI is InChI=1S/C17H25NO2/c1-13(14-8-4-2-5-9-14)12-16(17(19)20)18-15-10-6-3-7-11-15/h2,4-5,8-9,13,15-16,18H,3,6-7,10-12H2,1H3,(H,19,20). The number of carboxylic acids is 1. The summed E-state index contributed by atoms with van der Waals surface area (Å²) in [7, 11) is 0. The summed E-state index contributed by atoms with van der Waals surface area (Å²) in [6, 6.07) is 10.1. The highest BCUT2D eigenvalue weighted by Gasteiger charge is 2.25. The van der Waals surface area contributed by atoms with Gasteiger partial charge >= 0.3 is 5.97 Å². The second-order valence-electron chi connectivity index (χ2n) is 5.94. The molecule has 2 unspecified atom stereocenters. The summed E-state index contributed by atoms with van der Waals surface area (Å²) >= 11 is 0. The first kappa shape index (κ1) is 15.0. The minimum absolute atomic E-state index is 0.258. The van der Waals surface area contributed by atoms with Gasteiger partial charge in [-0.05, 0) is 30.7 Å². The molecule has 0 aliphatic heterocycles. The Morgan fingerprint density at radius 1 is 1.25 bits per heavy atom. The van der Waals surface area contributed by atoms with Crippen LogP contribution in [0.1, 0.15) is 56.9 Å². The molecule has 1 aromatic carbocycles. The summed E-state index contributed by atoms with van der Waals surface area (Å²) in [4.78, 5) is 11.5. The van der Waals surface area contributed by atoms with Crippen molar-refractivity contribution >= 4 is 5.97 Å². The number of aliphatic carboxylic acids is 1. The van der Waals surface area contributed by atoms with Gasteiger partial charge in [-0.2, -0.15) is 0 Å². The minimum Gasteiger partial charge on any atom is -0.480 e. The predicted molar refractivity (Wildman–Crippen MR) is 80.9 cm³/mol. The Hall–Kier alpha value is -1.35. The fraction of sp³-hybridized carbons (Fsp3) is 0.588. The third-order valence-corrected chi connectivity index (χ3v) is 4.30. The van der Waals surface area contributed by atoms with Crippen LogP contribution < -0.4 is 5.32 Å². The van der Waals surface area contributed by atoms with Crippen LogP contribution in [0.25, 0.3) is 0 Å². The molecule has 3 nitrogen and oxygen atoms in total. The van der Waals surface area contributed by atoms with Crippen LogP contribution in [0.15, 0.2) is 30.3 Å². The van der Waals surface area contributed by atoms with Crippen molar-refractivity contribution in [2.24, 2.45) is 0 Å². The van der Waals surface area contributed by atoms with E-state index in [9.17, 15) is 9.90 Å². The maximum Gasteiger partial charge on any atom is 0.320 e. The van der Waals surface area contributed by atoms with Crippen LogP contribution in [0.5, 0.6) is 0 Å². The van der Waals surface area contributed by atoms with Crippen molar-refractivity contribution in [3.63, 3.8) is 0 Å². The number of nitrogens with one attached hydrogen (secondary N) is 1. The van der Waals surface area contributed by atoms with Crippen molar-refractivity contribution in [1.82, 2.24) is 5.32 Å². The molecule has 1 saturated carbocycles. The molecule has 0 radical (unpaired) electrons. The summed E-state index contributed by atoms with van der Waals surface area (Å²) in [6.45, 7) is 2.10. The summed E-state index contributed by atoms with van der Waals surface area (Å²) in [5.74, 6) is -0.466. The van der Waals surface area contributed by atoms with Gasteiger partial charge in [0, 0.05) is 6.04 Å². The van der Waals surface area contributed by atoms with Gasteiger partial charge in [-0.1, -0.05) is 56.5 Å². The molecule has 20 heavy (non-hydrogen) atoms. The van der Waals surface area contributed by atoms with Crippen LogP contribution >= 0.6 is 0 Å². The molecule has 3 heteroatoms. The van der Waals surface area contributed by atoms with E-state index in [-0.39, 0.29) is 5.92 Å². The van der Waals surface area contributed by atoms with Crippen LogP contribution in [0.3, 0.4) is 0 Å². The van der Waals surface area contributed by atoms with Gasteiger partial charge in [-0.25, -0.2) is 0 Å². The lowest BCUT2D eigenvalue weighted by molar-refractivity contribution is -0.140. The normalized spacial score (nSPS) is 19.4. The summed E-state index contributed by atoms with van der Waals surface area (Å²) in [6.07, 6.45) is 6.61. The van der Waals surface area contributed by atoms with E-state index in [0.29, 0.717) is 12.5 Å². The van der Waals surface area contributed by atoms with Crippen LogP contribution in [-0.4, -0.2) is 23.2 Å². The zero-order valence-electron chi connectivity index (χ0n) is 12.2. The van der Waals surface area contributed by atoms with Crippen molar-refractivity contribution < 1.29 is 9.90 Å². The molecule has 0 spiro atoms. The van der Waals surface area contributed by atoms with Crippen molar-refractivity contribution in [3.05, 3.63) is 35.9 Å². The Bertz CT molecular complexity index is 412. The minimum atomic E-state index is -0.724. The Morgan fingerprint density at radius 3 is 2.50 bits per heavy atom. The maximum absolute atomic E-state index is 11.5. The first-order valence-corrected chi connectivity index (χ1v) is 7.70. The van der Waals surface area contributed by atoms with E-state index in [0.717, 1.165) is 12.8 Å². The number of rotatable bonds is 6. The highest BCUT2D eigenvalue weighted by molar-refractivity contribution is 5.73. The van der Waals surface area contributed by atoms with E-state index >= 15 is 0 Å². The Labute approximate surface area is 121 Å². The molecule has 0 aromatic heterocycles. The zero-order chi connectivity index (χ0) is 14.4. The van der Waals surface area contributed by atoms with Crippen molar-refractivity contribution in [2.75, 3.05) is 0 Å². The fourth-order valence-electron chi connectivity index (χ4n) is 3.07. The van der Waals surface area contributed by atoms with Gasteiger partial charge in [0.25, 0.3) is 0 Å². The van der Waals surface area contributed by atoms with Crippen molar-refractivity contribution in [1.29, 1.82) is 0 Å². The van der Waals surface area contributed by atoms with E-state index < -0.39 is 12.0 Å². The summed E-state index contributed by atoms with van der Waals surface area (Å²) < 4.78 is 0. The molecule has 110 valence electrons. The van der Waals surface area contributed by atoms with Gasteiger partial charge in [0.15, 0.2) is 0 Å². The van der Waals surface area contributed by atoms with E-state index in [1.807, 2.05) is 18.2 Å². The van der Waals surface area contributed by atoms with Gasteiger partial charge < -0.3 is 10.4 Å². The lowest BCUT2D eigenvalue weighted by atomic mass is 9.91. The molecule has 2 atom stereocenters. The third kappa shape index (κ3) is 4.34. The van der Waals surface area contributed by atoms with Crippen LogP contribution in [0, 0.1) is 0 Å². The van der Waals surface area contributed by atoms with Crippen LogP contribution in [0.4, 0.5) is 0 Å². The first-order valence-electron chi connectivity index (χ1n) is 7.70. The Balaban J connectivity index is 1.93. The summed E-state index contributed by atoms with van der Waals surface area (Å²) in [5, 5.41) is 12.8. The molecule has 1 aliphatic carbocycles. The van der Waals surface area contributed by atoms with Gasteiger partial charge in [-0.3, -0.25) is 4.79 Å². The second kappa shape index (κ2) is 7.44. The van der Waals surface area contributed by atoms with E-state index in [1.165, 1.54) is 24.8 Å². The molecular formula is C17H25NO2. The van der Waals surface area contributed by atoms with Crippen molar-refractivity contribution in [3.8, 4) is 0 Å². The molecule has 0 amide bonds. The highest BCUT2D eigenvalue weighted by atomic mass is 16.4. The lowest BCUT2D eigenvalue weighted by Gasteiger charge is -2.28. The van der Waals surface area contributed by atoms with Gasteiger partial charge in [0.05, 0.1) is 0 Å². The SMILES string of the molecule is CC(CC(NC1CCCCC1)C(=O)O)c1ccccc1. The number of carbonyl (C=O) groups is 1. The van der Waals surface area contributed by atoms with E-state index in [4.69, 9.17) is 0 Å².